The highest BCUT2D eigenvalue weighted by Gasteiger charge is 2.49. The molecular formula is C13H15N3O4. The summed E-state index contributed by atoms with van der Waals surface area (Å²) in [5.74, 6) is -0.330. The van der Waals surface area contributed by atoms with Gasteiger partial charge in [0.25, 0.3) is 11.8 Å². The number of aryl methyl sites for hydroxylation is 1. The summed E-state index contributed by atoms with van der Waals surface area (Å²) >= 11 is 0. The molecule has 0 bridgehead atoms. The van der Waals surface area contributed by atoms with Crippen LogP contribution in [0.2, 0.25) is 0 Å². The first kappa shape index (κ1) is 12.7. The van der Waals surface area contributed by atoms with Crippen molar-refractivity contribution in [2.75, 3.05) is 13.1 Å². The summed E-state index contributed by atoms with van der Waals surface area (Å²) in [6.45, 7) is 2.51. The van der Waals surface area contributed by atoms with Crippen LogP contribution in [-0.4, -0.2) is 41.4 Å². The van der Waals surface area contributed by atoms with Crippen molar-refractivity contribution < 1.29 is 18.8 Å². The third-order valence-electron chi connectivity index (χ3n) is 3.85. The van der Waals surface area contributed by atoms with E-state index in [2.05, 4.69) is 10.6 Å². The predicted molar refractivity (Wildman–Crippen MR) is 68.0 cm³/mol. The molecule has 1 atom stereocenters. The first-order valence-electron chi connectivity index (χ1n) is 6.49. The molecule has 0 aromatic carbocycles. The number of carbonyl (C=O) groups excluding carboxylic acids is 3. The number of carbonyl (C=O) groups is 3. The van der Waals surface area contributed by atoms with Crippen LogP contribution in [0.25, 0.3) is 0 Å². The molecule has 7 heteroatoms. The highest BCUT2D eigenvalue weighted by Crippen LogP contribution is 2.26. The van der Waals surface area contributed by atoms with Crippen LogP contribution in [0.1, 0.15) is 29.0 Å². The lowest BCUT2D eigenvalue weighted by atomic mass is 9.89. The lowest BCUT2D eigenvalue weighted by Crippen LogP contribution is -2.59. The molecule has 2 N–H and O–H groups in total. The van der Waals surface area contributed by atoms with E-state index in [1.54, 1.807) is 17.9 Å². The van der Waals surface area contributed by atoms with Crippen LogP contribution in [0.5, 0.6) is 0 Å². The molecular weight excluding hydrogens is 262 g/mol. The van der Waals surface area contributed by atoms with E-state index in [4.69, 9.17) is 4.42 Å². The number of nitrogens with zero attached hydrogens (tertiary/aromatic N) is 1. The maximum atomic E-state index is 12.4. The Kier molecular flexibility index (Phi) is 2.77. The smallest absolute Gasteiger partial charge is 0.322 e. The van der Waals surface area contributed by atoms with Gasteiger partial charge >= 0.3 is 6.03 Å². The maximum Gasteiger partial charge on any atom is 0.322 e. The monoisotopic (exact) mass is 277 g/mol. The SMILES string of the molecule is Cc1ccoc1C(=O)N1CCC[C@]2(C1)NC(=O)NC2=O. The molecule has 3 heterocycles. The van der Waals surface area contributed by atoms with Crippen molar-refractivity contribution in [1.29, 1.82) is 0 Å². The van der Waals surface area contributed by atoms with E-state index in [-0.39, 0.29) is 24.1 Å². The number of urea groups is 1. The molecule has 1 aromatic heterocycles. The molecule has 0 radical (unpaired) electrons. The summed E-state index contributed by atoms with van der Waals surface area (Å²) in [6.07, 6.45) is 2.65. The number of rotatable bonds is 1. The minimum Gasteiger partial charge on any atom is -0.459 e. The average molecular weight is 277 g/mol. The Morgan fingerprint density at radius 2 is 2.25 bits per heavy atom. The Bertz CT molecular complexity index is 594. The summed E-state index contributed by atoms with van der Waals surface area (Å²) in [7, 11) is 0. The number of imide groups is 1. The number of nitrogens with one attached hydrogen (secondary N) is 2. The van der Waals surface area contributed by atoms with Crippen molar-refractivity contribution >= 4 is 17.8 Å². The van der Waals surface area contributed by atoms with Gasteiger partial charge in [0.05, 0.1) is 12.8 Å². The van der Waals surface area contributed by atoms with E-state index in [0.717, 1.165) is 5.56 Å². The zero-order valence-electron chi connectivity index (χ0n) is 11.1. The summed E-state index contributed by atoms with van der Waals surface area (Å²) in [5.41, 5.74) is -0.236. The fourth-order valence-corrected chi connectivity index (χ4v) is 2.78. The second kappa shape index (κ2) is 4.36. The van der Waals surface area contributed by atoms with Gasteiger partial charge in [-0.25, -0.2) is 4.79 Å². The molecule has 4 amide bonds. The van der Waals surface area contributed by atoms with E-state index >= 15 is 0 Å². The van der Waals surface area contributed by atoms with Gasteiger partial charge in [0.1, 0.15) is 5.54 Å². The number of hydrogen-bond acceptors (Lipinski definition) is 4. The van der Waals surface area contributed by atoms with Crippen molar-refractivity contribution in [2.45, 2.75) is 25.3 Å². The zero-order chi connectivity index (χ0) is 14.3. The van der Waals surface area contributed by atoms with Crippen LogP contribution in [0.3, 0.4) is 0 Å². The predicted octanol–water partition coefficient (Wildman–Crippen LogP) is 0.402. The first-order valence-corrected chi connectivity index (χ1v) is 6.49. The van der Waals surface area contributed by atoms with Crippen molar-refractivity contribution in [1.82, 2.24) is 15.5 Å². The fourth-order valence-electron chi connectivity index (χ4n) is 2.78. The topological polar surface area (TPSA) is 91.7 Å². The highest BCUT2D eigenvalue weighted by molar-refractivity contribution is 6.07. The van der Waals surface area contributed by atoms with Gasteiger partial charge in [-0.3, -0.25) is 14.9 Å². The molecule has 0 saturated carbocycles. The van der Waals surface area contributed by atoms with Gasteiger partial charge in [0, 0.05) is 12.1 Å². The minimum absolute atomic E-state index is 0.170. The van der Waals surface area contributed by atoms with Crippen molar-refractivity contribution in [3.63, 3.8) is 0 Å². The first-order chi connectivity index (χ1) is 9.52. The van der Waals surface area contributed by atoms with Crippen molar-refractivity contribution in [3.8, 4) is 0 Å². The van der Waals surface area contributed by atoms with Crippen LogP contribution in [0.15, 0.2) is 16.7 Å². The van der Waals surface area contributed by atoms with Gasteiger partial charge in [0.2, 0.25) is 0 Å². The van der Waals surface area contributed by atoms with Gasteiger partial charge in [-0.15, -0.1) is 0 Å². The lowest BCUT2D eigenvalue weighted by molar-refractivity contribution is -0.125. The van der Waals surface area contributed by atoms with Gasteiger partial charge < -0.3 is 14.6 Å². The summed E-state index contributed by atoms with van der Waals surface area (Å²) in [6, 6.07) is 1.22. The Hall–Kier alpha value is -2.31. The third kappa shape index (κ3) is 1.86. The molecule has 20 heavy (non-hydrogen) atoms. The lowest BCUT2D eigenvalue weighted by Gasteiger charge is -2.37. The molecule has 2 aliphatic heterocycles. The van der Waals surface area contributed by atoms with Crippen LogP contribution < -0.4 is 10.6 Å². The molecule has 0 unspecified atom stereocenters. The molecule has 1 aromatic rings. The number of furan rings is 1. The molecule has 7 nitrogen and oxygen atoms in total. The Balaban J connectivity index is 1.82. The zero-order valence-corrected chi connectivity index (χ0v) is 11.1. The Labute approximate surface area is 115 Å². The molecule has 2 fully saturated rings. The quantitative estimate of drug-likeness (QED) is 0.727. The molecule has 1 spiro atoms. The van der Waals surface area contributed by atoms with Gasteiger partial charge in [-0.2, -0.15) is 0 Å². The normalized spacial score (nSPS) is 25.8. The second-order valence-electron chi connectivity index (χ2n) is 5.25. The molecule has 0 aliphatic carbocycles. The maximum absolute atomic E-state index is 12.4. The van der Waals surface area contributed by atoms with Gasteiger partial charge in [0.15, 0.2) is 5.76 Å². The van der Waals surface area contributed by atoms with Crippen molar-refractivity contribution in [3.05, 3.63) is 23.7 Å². The molecule has 3 rings (SSSR count). The average Bonchev–Trinajstić information content (AvgIpc) is 2.94. The van der Waals surface area contributed by atoms with Crippen LogP contribution >= 0.6 is 0 Å². The van der Waals surface area contributed by atoms with Crippen molar-refractivity contribution in [2.24, 2.45) is 0 Å². The second-order valence-corrected chi connectivity index (χ2v) is 5.25. The standard InChI is InChI=1S/C13H15N3O4/c1-8-3-6-20-9(8)10(17)16-5-2-4-13(7-16)11(18)14-12(19)15-13/h3,6H,2,4-5,7H2,1H3,(H2,14,15,18,19)/t13-/m1/s1. The minimum atomic E-state index is -0.995. The van der Waals surface area contributed by atoms with E-state index in [1.807, 2.05) is 0 Å². The molecule has 106 valence electrons. The Morgan fingerprint density at radius 3 is 2.85 bits per heavy atom. The van der Waals surface area contributed by atoms with E-state index in [0.29, 0.717) is 19.4 Å². The van der Waals surface area contributed by atoms with E-state index in [9.17, 15) is 14.4 Å². The van der Waals surface area contributed by atoms with Crippen LogP contribution in [0, 0.1) is 6.92 Å². The summed E-state index contributed by atoms with van der Waals surface area (Å²) < 4.78 is 5.20. The summed E-state index contributed by atoms with van der Waals surface area (Å²) in [4.78, 5) is 37.2. The van der Waals surface area contributed by atoms with E-state index < -0.39 is 11.6 Å². The van der Waals surface area contributed by atoms with Gasteiger partial charge in [-0.05, 0) is 25.8 Å². The largest absolute Gasteiger partial charge is 0.459 e. The number of piperidine rings is 1. The summed E-state index contributed by atoms with van der Waals surface area (Å²) in [5, 5.41) is 4.87. The number of hydrogen-bond donors (Lipinski definition) is 2. The number of likely N-dealkylation sites (tertiary alicyclic amines) is 1. The van der Waals surface area contributed by atoms with Crippen LogP contribution in [-0.2, 0) is 4.79 Å². The molecule has 2 saturated heterocycles. The fraction of sp³-hybridized carbons (Fsp3) is 0.462. The third-order valence-corrected chi connectivity index (χ3v) is 3.85. The van der Waals surface area contributed by atoms with Crippen LogP contribution in [0.4, 0.5) is 4.79 Å². The molecule has 2 aliphatic rings. The Morgan fingerprint density at radius 1 is 1.45 bits per heavy atom. The number of amides is 4. The van der Waals surface area contributed by atoms with Gasteiger partial charge in [-0.1, -0.05) is 0 Å². The van der Waals surface area contributed by atoms with E-state index in [1.165, 1.54) is 6.26 Å². The highest BCUT2D eigenvalue weighted by atomic mass is 16.3.